The van der Waals surface area contributed by atoms with Crippen LogP contribution in [0.3, 0.4) is 0 Å². The average molecular weight is 533 g/mol. The Morgan fingerprint density at radius 3 is 0.579 bits per heavy atom. The maximum atomic E-state index is 6.26. The molecule has 4 nitrogen and oxygen atoms in total. The van der Waals surface area contributed by atoms with Gasteiger partial charge < -0.3 is 22.9 Å². The molecule has 0 aromatic heterocycles. The van der Waals surface area contributed by atoms with E-state index in [1.165, 1.54) is 64.2 Å². The molecule has 38 heavy (non-hydrogen) atoms. The van der Waals surface area contributed by atoms with Crippen LogP contribution in [-0.4, -0.2) is 24.2 Å². The zero-order chi connectivity index (χ0) is 28.3. The number of nitrogens with two attached hydrogens (primary N) is 4. The Hall–Kier alpha value is -0.160. The topological polar surface area (TPSA) is 104 Å². The van der Waals surface area contributed by atoms with Crippen LogP contribution in [0.4, 0.5) is 0 Å². The first-order valence-corrected chi connectivity index (χ1v) is 16.8. The van der Waals surface area contributed by atoms with Crippen LogP contribution in [-0.2, 0) is 0 Å². The lowest BCUT2D eigenvalue weighted by Crippen LogP contribution is -2.43. The molecule has 4 rings (SSSR count). The minimum absolute atomic E-state index is 0.425. The van der Waals surface area contributed by atoms with Gasteiger partial charge in [-0.15, -0.1) is 0 Å². The largest absolute Gasteiger partial charge is 0.327 e. The van der Waals surface area contributed by atoms with Crippen molar-refractivity contribution in [2.45, 2.75) is 144 Å². The maximum Gasteiger partial charge on any atom is 0.00905 e. The first-order valence-electron chi connectivity index (χ1n) is 16.8. The summed E-state index contributed by atoms with van der Waals surface area (Å²) in [6.45, 7) is 18.7. The molecule has 0 bridgehead atoms. The molecular formula is C34H68N4. The predicted molar refractivity (Wildman–Crippen MR) is 165 cm³/mol. The number of hydrogen-bond acceptors (Lipinski definition) is 4. The Morgan fingerprint density at radius 1 is 0.316 bits per heavy atom. The second kappa shape index (κ2) is 14.1. The van der Waals surface area contributed by atoms with Gasteiger partial charge in [0, 0.05) is 24.2 Å². The number of rotatable bonds is 4. The van der Waals surface area contributed by atoms with Crippen molar-refractivity contribution in [3.8, 4) is 0 Å². The van der Waals surface area contributed by atoms with Gasteiger partial charge in [-0.1, -0.05) is 55.4 Å². The van der Waals surface area contributed by atoms with Crippen molar-refractivity contribution < 1.29 is 0 Å². The van der Waals surface area contributed by atoms with Crippen molar-refractivity contribution >= 4 is 0 Å². The number of hydrogen-bond donors (Lipinski definition) is 4. The minimum Gasteiger partial charge on any atom is -0.327 e. The van der Waals surface area contributed by atoms with Gasteiger partial charge >= 0.3 is 0 Å². The molecule has 0 aromatic rings. The van der Waals surface area contributed by atoms with E-state index in [2.05, 4.69) is 55.4 Å². The van der Waals surface area contributed by atoms with Crippen molar-refractivity contribution in [2.75, 3.05) is 0 Å². The molecule has 0 aromatic carbocycles. The molecule has 4 saturated carbocycles. The highest BCUT2D eigenvalue weighted by Gasteiger charge is 2.37. The molecule has 8 atom stereocenters. The Kier molecular flexibility index (Phi) is 12.0. The summed E-state index contributed by atoms with van der Waals surface area (Å²) in [6, 6.07) is 1.70. The lowest BCUT2D eigenvalue weighted by molar-refractivity contribution is 0.118. The van der Waals surface area contributed by atoms with E-state index in [1.807, 2.05) is 0 Å². The van der Waals surface area contributed by atoms with Crippen LogP contribution in [0.15, 0.2) is 0 Å². The molecule has 0 radical (unpaired) electrons. The van der Waals surface area contributed by atoms with Crippen molar-refractivity contribution in [1.82, 2.24) is 0 Å². The van der Waals surface area contributed by atoms with Crippen LogP contribution in [0.2, 0.25) is 0 Å². The van der Waals surface area contributed by atoms with Crippen LogP contribution in [0.1, 0.15) is 120 Å². The summed E-state index contributed by atoms with van der Waals surface area (Å²) >= 11 is 0. The molecule has 4 heteroatoms. The zero-order valence-electron chi connectivity index (χ0n) is 26.6. The monoisotopic (exact) mass is 533 g/mol. The van der Waals surface area contributed by atoms with Gasteiger partial charge in [-0.25, -0.2) is 0 Å². The van der Waals surface area contributed by atoms with Gasteiger partial charge in [-0.2, -0.15) is 0 Å². The Balaban J connectivity index is 0.000000211. The fraction of sp³-hybridized carbons (Fsp3) is 1.00. The summed E-state index contributed by atoms with van der Waals surface area (Å²) in [6.07, 6.45) is 13.6. The van der Waals surface area contributed by atoms with Gasteiger partial charge in [0.15, 0.2) is 0 Å². The normalized spacial score (nSPS) is 52.1. The molecule has 0 spiro atoms. The van der Waals surface area contributed by atoms with Crippen molar-refractivity contribution in [2.24, 2.45) is 93.9 Å². The van der Waals surface area contributed by atoms with Crippen LogP contribution in [0.25, 0.3) is 0 Å². The predicted octanol–water partition coefficient (Wildman–Crippen LogP) is 6.79. The quantitative estimate of drug-likeness (QED) is 0.320. The third-order valence-electron chi connectivity index (χ3n) is 12.2. The molecule has 4 aliphatic rings. The standard InChI is InChI=1S/2C17H34N2/c2*1-10-5-14(6-11(2)16(10)18)9-15-7-12(3)17(19)13(4)8-15/h2*10-17H,5-9,18-19H2,1-4H3. The van der Waals surface area contributed by atoms with E-state index in [9.17, 15) is 0 Å². The second-order valence-electron chi connectivity index (χ2n) is 15.9. The van der Waals surface area contributed by atoms with Gasteiger partial charge in [0.25, 0.3) is 0 Å². The first-order chi connectivity index (χ1) is 17.8. The third kappa shape index (κ3) is 8.43. The van der Waals surface area contributed by atoms with E-state index >= 15 is 0 Å². The highest BCUT2D eigenvalue weighted by molar-refractivity contribution is 4.91. The van der Waals surface area contributed by atoms with E-state index in [1.54, 1.807) is 0 Å². The SMILES string of the molecule is CC1CC(CC2CC(C)C(N)C(C)C2)CC(C)C1N.CC1CC(CC2CC(C)C(N)C(C)C2)CC(C)C1N. The van der Waals surface area contributed by atoms with Gasteiger partial charge in [0.2, 0.25) is 0 Å². The summed E-state index contributed by atoms with van der Waals surface area (Å²) < 4.78 is 0. The van der Waals surface area contributed by atoms with E-state index < -0.39 is 0 Å². The molecule has 4 aliphatic carbocycles. The van der Waals surface area contributed by atoms with Crippen LogP contribution >= 0.6 is 0 Å². The molecule has 0 amide bonds. The summed E-state index contributed by atoms with van der Waals surface area (Å²) in [5.41, 5.74) is 25.1. The van der Waals surface area contributed by atoms with Gasteiger partial charge in [-0.3, -0.25) is 0 Å². The summed E-state index contributed by atoms with van der Waals surface area (Å²) in [7, 11) is 0. The molecule has 8 N–H and O–H groups in total. The van der Waals surface area contributed by atoms with Crippen LogP contribution in [0.5, 0.6) is 0 Å². The minimum atomic E-state index is 0.425. The van der Waals surface area contributed by atoms with Gasteiger partial charge in [-0.05, 0) is 135 Å². The van der Waals surface area contributed by atoms with E-state index in [4.69, 9.17) is 22.9 Å². The lowest BCUT2D eigenvalue weighted by atomic mass is 9.66. The van der Waals surface area contributed by atoms with Gasteiger partial charge in [0.05, 0.1) is 0 Å². The fourth-order valence-electron chi connectivity index (χ4n) is 9.80. The van der Waals surface area contributed by atoms with Crippen molar-refractivity contribution in [1.29, 1.82) is 0 Å². The van der Waals surface area contributed by atoms with Crippen LogP contribution in [0, 0.1) is 71.0 Å². The molecule has 0 heterocycles. The maximum absolute atomic E-state index is 6.26. The highest BCUT2D eigenvalue weighted by Crippen LogP contribution is 2.42. The molecule has 224 valence electrons. The average Bonchev–Trinajstić information content (AvgIpc) is 2.83. The van der Waals surface area contributed by atoms with E-state index in [-0.39, 0.29) is 0 Å². The van der Waals surface area contributed by atoms with Crippen molar-refractivity contribution in [3.63, 3.8) is 0 Å². The molecule has 4 fully saturated rings. The Labute approximate surface area is 237 Å². The molecule has 8 unspecified atom stereocenters. The highest BCUT2D eigenvalue weighted by atomic mass is 14.7. The molecule has 0 aliphatic heterocycles. The molecule has 0 saturated heterocycles. The zero-order valence-corrected chi connectivity index (χ0v) is 26.6. The third-order valence-corrected chi connectivity index (χ3v) is 12.2. The van der Waals surface area contributed by atoms with E-state index in [0.717, 1.165) is 23.7 Å². The second-order valence-corrected chi connectivity index (χ2v) is 15.9. The fourth-order valence-corrected chi connectivity index (χ4v) is 9.80. The molecular weight excluding hydrogens is 464 g/mol. The summed E-state index contributed by atoms with van der Waals surface area (Å²) in [5.74, 6) is 9.25. The first kappa shape index (κ1) is 32.4. The summed E-state index contributed by atoms with van der Waals surface area (Å²) in [4.78, 5) is 0. The smallest absolute Gasteiger partial charge is 0.00905 e. The Morgan fingerprint density at radius 2 is 0.447 bits per heavy atom. The Bertz CT molecular complexity index is 536. The van der Waals surface area contributed by atoms with E-state index in [0.29, 0.717) is 71.5 Å². The van der Waals surface area contributed by atoms with Crippen LogP contribution < -0.4 is 22.9 Å². The van der Waals surface area contributed by atoms with Gasteiger partial charge in [0.1, 0.15) is 0 Å². The van der Waals surface area contributed by atoms with Crippen molar-refractivity contribution in [3.05, 3.63) is 0 Å². The lowest BCUT2D eigenvalue weighted by Gasteiger charge is -2.42. The summed E-state index contributed by atoms with van der Waals surface area (Å²) in [5, 5.41) is 0.